The number of nitrogens with zero attached hydrogens (tertiary/aromatic N) is 1. The van der Waals surface area contributed by atoms with E-state index in [1.807, 2.05) is 0 Å². The Kier molecular flexibility index (Phi) is 4.65. The van der Waals surface area contributed by atoms with Crippen LogP contribution in [-0.4, -0.2) is 24.1 Å². The van der Waals surface area contributed by atoms with E-state index in [1.54, 1.807) is 24.3 Å². The average Bonchev–Trinajstić information content (AvgIpc) is 2.28. The molecule has 0 spiro atoms. The molecule has 0 heterocycles. The fourth-order valence-corrected chi connectivity index (χ4v) is 1.21. The Bertz CT molecular complexity index is 370. The first-order valence-corrected chi connectivity index (χ1v) is 4.57. The van der Waals surface area contributed by atoms with Gasteiger partial charge in [0.05, 0.1) is 6.61 Å². The van der Waals surface area contributed by atoms with Gasteiger partial charge in [-0.25, -0.2) is 8.78 Å². The van der Waals surface area contributed by atoms with Crippen LogP contribution in [0.3, 0.4) is 0 Å². The van der Waals surface area contributed by atoms with E-state index in [0.29, 0.717) is 11.1 Å². The summed E-state index contributed by atoms with van der Waals surface area (Å²) in [4.78, 5) is 0. The number of halogens is 2. The van der Waals surface area contributed by atoms with Gasteiger partial charge in [-0.3, -0.25) is 0 Å². The van der Waals surface area contributed by atoms with Gasteiger partial charge >= 0.3 is 0 Å². The topological polar surface area (TPSA) is 67.8 Å². The second-order valence-corrected chi connectivity index (χ2v) is 3.05. The van der Waals surface area contributed by atoms with Crippen LogP contribution in [0.25, 0.3) is 0 Å². The number of alkyl halides is 2. The lowest BCUT2D eigenvalue weighted by atomic mass is 10.1. The molecule has 1 aromatic carbocycles. The molecular weight excluding hydrogens is 218 g/mol. The summed E-state index contributed by atoms with van der Waals surface area (Å²) in [6.45, 7) is -0.638. The molecule has 0 unspecified atom stereocenters. The molecule has 0 fully saturated rings. The second kappa shape index (κ2) is 6.02. The Morgan fingerprint density at radius 1 is 1.44 bits per heavy atom. The molecule has 0 saturated carbocycles. The summed E-state index contributed by atoms with van der Waals surface area (Å²) in [6, 6.07) is 6.70. The number of ether oxygens (including phenoxy) is 1. The molecule has 0 bridgehead atoms. The van der Waals surface area contributed by atoms with E-state index in [-0.39, 0.29) is 12.4 Å². The van der Waals surface area contributed by atoms with Crippen molar-refractivity contribution in [1.29, 1.82) is 0 Å². The first-order chi connectivity index (χ1) is 7.65. The van der Waals surface area contributed by atoms with Gasteiger partial charge in [-0.15, -0.1) is 0 Å². The quantitative estimate of drug-likeness (QED) is 0.349. The van der Waals surface area contributed by atoms with Crippen molar-refractivity contribution in [3.8, 4) is 0 Å². The molecular formula is C10H12F2N2O2. The number of rotatable bonds is 5. The highest BCUT2D eigenvalue weighted by molar-refractivity contribution is 5.98. The molecule has 0 aromatic heterocycles. The largest absolute Gasteiger partial charge is 0.409 e. The van der Waals surface area contributed by atoms with Gasteiger partial charge in [-0.05, 0) is 5.56 Å². The van der Waals surface area contributed by atoms with E-state index in [2.05, 4.69) is 5.16 Å². The van der Waals surface area contributed by atoms with Crippen LogP contribution in [0.5, 0.6) is 0 Å². The van der Waals surface area contributed by atoms with Crippen molar-refractivity contribution in [3.05, 3.63) is 35.4 Å². The van der Waals surface area contributed by atoms with Gasteiger partial charge < -0.3 is 15.7 Å². The van der Waals surface area contributed by atoms with E-state index < -0.39 is 13.0 Å². The second-order valence-electron chi connectivity index (χ2n) is 3.05. The van der Waals surface area contributed by atoms with Gasteiger partial charge in [0.1, 0.15) is 6.61 Å². The number of hydrogen-bond donors (Lipinski definition) is 2. The van der Waals surface area contributed by atoms with Crippen molar-refractivity contribution in [3.63, 3.8) is 0 Å². The van der Waals surface area contributed by atoms with Gasteiger partial charge in [-0.2, -0.15) is 0 Å². The maximum absolute atomic E-state index is 11.8. The smallest absolute Gasteiger partial charge is 0.261 e. The molecule has 88 valence electrons. The third kappa shape index (κ3) is 3.47. The molecule has 0 radical (unpaired) electrons. The first kappa shape index (κ1) is 12.4. The van der Waals surface area contributed by atoms with Crippen molar-refractivity contribution in [2.75, 3.05) is 6.61 Å². The molecule has 0 aliphatic heterocycles. The predicted octanol–water partition coefficient (Wildman–Crippen LogP) is 1.56. The highest BCUT2D eigenvalue weighted by Crippen LogP contribution is 2.10. The minimum atomic E-state index is -2.50. The van der Waals surface area contributed by atoms with Crippen LogP contribution < -0.4 is 5.73 Å². The van der Waals surface area contributed by atoms with E-state index in [4.69, 9.17) is 15.7 Å². The summed E-state index contributed by atoms with van der Waals surface area (Å²) in [5.41, 5.74) is 6.49. The zero-order chi connectivity index (χ0) is 12.0. The summed E-state index contributed by atoms with van der Waals surface area (Å²) in [7, 11) is 0. The Morgan fingerprint density at radius 2 is 2.12 bits per heavy atom. The Morgan fingerprint density at radius 3 is 2.75 bits per heavy atom. The molecule has 0 aliphatic carbocycles. The lowest BCUT2D eigenvalue weighted by molar-refractivity contribution is 0.00983. The Balaban J connectivity index is 2.72. The van der Waals surface area contributed by atoms with E-state index in [0.717, 1.165) is 0 Å². The lowest BCUT2D eigenvalue weighted by Crippen LogP contribution is -2.16. The SMILES string of the molecule is N/C(=N/O)c1ccccc1COCC(F)F. The third-order valence-electron chi connectivity index (χ3n) is 1.90. The maximum Gasteiger partial charge on any atom is 0.261 e. The van der Waals surface area contributed by atoms with Gasteiger partial charge in [-0.1, -0.05) is 29.4 Å². The molecule has 1 rings (SSSR count). The maximum atomic E-state index is 11.8. The van der Waals surface area contributed by atoms with E-state index in [9.17, 15) is 8.78 Å². The van der Waals surface area contributed by atoms with Crippen LogP contribution in [0.4, 0.5) is 8.78 Å². The molecule has 16 heavy (non-hydrogen) atoms. The van der Waals surface area contributed by atoms with Crippen molar-refractivity contribution < 1.29 is 18.7 Å². The fourth-order valence-electron chi connectivity index (χ4n) is 1.21. The molecule has 0 saturated heterocycles. The molecule has 4 nitrogen and oxygen atoms in total. The third-order valence-corrected chi connectivity index (χ3v) is 1.90. The summed E-state index contributed by atoms with van der Waals surface area (Å²) < 4.78 is 28.5. The molecule has 0 atom stereocenters. The molecule has 6 heteroatoms. The van der Waals surface area contributed by atoms with Crippen LogP contribution in [-0.2, 0) is 11.3 Å². The van der Waals surface area contributed by atoms with Crippen LogP contribution in [0.15, 0.2) is 29.4 Å². The normalized spacial score (nSPS) is 12.1. The first-order valence-electron chi connectivity index (χ1n) is 4.57. The Labute approximate surface area is 91.3 Å². The van der Waals surface area contributed by atoms with Gasteiger partial charge in [0, 0.05) is 5.56 Å². The van der Waals surface area contributed by atoms with Crippen molar-refractivity contribution in [2.45, 2.75) is 13.0 Å². The van der Waals surface area contributed by atoms with E-state index in [1.165, 1.54) is 0 Å². The van der Waals surface area contributed by atoms with Crippen molar-refractivity contribution >= 4 is 5.84 Å². The summed E-state index contributed by atoms with van der Waals surface area (Å²) in [5.74, 6) is -0.0729. The van der Waals surface area contributed by atoms with E-state index >= 15 is 0 Å². The number of hydrogen-bond acceptors (Lipinski definition) is 3. The predicted molar refractivity (Wildman–Crippen MR) is 54.6 cm³/mol. The van der Waals surface area contributed by atoms with Gasteiger partial charge in [0.25, 0.3) is 6.43 Å². The number of amidine groups is 1. The fraction of sp³-hybridized carbons (Fsp3) is 0.300. The minimum Gasteiger partial charge on any atom is -0.409 e. The molecule has 1 aromatic rings. The highest BCUT2D eigenvalue weighted by atomic mass is 19.3. The minimum absolute atomic E-state index is 0.00324. The van der Waals surface area contributed by atoms with Crippen LogP contribution in [0, 0.1) is 0 Å². The zero-order valence-corrected chi connectivity index (χ0v) is 8.44. The molecule has 3 N–H and O–H groups in total. The lowest BCUT2D eigenvalue weighted by Gasteiger charge is -2.08. The summed E-state index contributed by atoms with van der Waals surface area (Å²) >= 11 is 0. The number of nitrogens with two attached hydrogens (primary N) is 1. The van der Waals surface area contributed by atoms with Crippen LogP contribution >= 0.6 is 0 Å². The van der Waals surface area contributed by atoms with Crippen LogP contribution in [0.2, 0.25) is 0 Å². The summed E-state index contributed by atoms with van der Waals surface area (Å²) in [5, 5.41) is 11.4. The standard InChI is InChI=1S/C10H12F2N2O2/c11-9(12)6-16-5-7-3-1-2-4-8(7)10(13)14-15/h1-4,9,15H,5-6H2,(H2,13,14). The van der Waals surface area contributed by atoms with Crippen molar-refractivity contribution in [1.82, 2.24) is 0 Å². The molecule has 0 aliphatic rings. The monoisotopic (exact) mass is 230 g/mol. The Hall–Kier alpha value is -1.69. The zero-order valence-electron chi connectivity index (χ0n) is 8.44. The number of benzene rings is 1. The summed E-state index contributed by atoms with van der Waals surface area (Å²) in [6.07, 6.45) is -2.50. The number of oxime groups is 1. The van der Waals surface area contributed by atoms with Crippen molar-refractivity contribution in [2.24, 2.45) is 10.9 Å². The van der Waals surface area contributed by atoms with Gasteiger partial charge in [0.15, 0.2) is 5.84 Å². The highest BCUT2D eigenvalue weighted by Gasteiger charge is 2.08. The van der Waals surface area contributed by atoms with Gasteiger partial charge in [0.2, 0.25) is 0 Å². The molecule has 0 amide bonds. The average molecular weight is 230 g/mol. The van der Waals surface area contributed by atoms with Crippen LogP contribution in [0.1, 0.15) is 11.1 Å².